The second-order valence-corrected chi connectivity index (χ2v) is 5.09. The first-order valence-corrected chi connectivity index (χ1v) is 6.41. The highest BCUT2D eigenvalue weighted by atomic mass is 14.7. The molecule has 2 heteroatoms. The molecule has 0 amide bonds. The van der Waals surface area contributed by atoms with Crippen LogP contribution >= 0.6 is 0 Å². The molecule has 2 nitrogen and oxygen atoms in total. The van der Waals surface area contributed by atoms with Gasteiger partial charge in [0.05, 0.1) is 0 Å². The lowest BCUT2D eigenvalue weighted by Crippen LogP contribution is -2.41. The van der Waals surface area contributed by atoms with Crippen LogP contribution < -0.4 is 5.73 Å². The summed E-state index contributed by atoms with van der Waals surface area (Å²) in [7, 11) is 0. The number of hydrogen-bond acceptors (Lipinski definition) is 2. The summed E-state index contributed by atoms with van der Waals surface area (Å²) in [6, 6.07) is 4.42. The highest BCUT2D eigenvalue weighted by molar-refractivity contribution is 5.12. The molecule has 0 radical (unpaired) electrons. The second-order valence-electron chi connectivity index (χ2n) is 5.09. The molecular weight excluding hydrogens is 196 g/mol. The normalized spacial score (nSPS) is 20.9. The summed E-state index contributed by atoms with van der Waals surface area (Å²) >= 11 is 0. The van der Waals surface area contributed by atoms with Gasteiger partial charge in [0, 0.05) is 18.4 Å². The molecule has 2 rings (SSSR count). The SMILES string of the molecule is CCC1(C(N)Cc2cccnc2)CCCC1. The van der Waals surface area contributed by atoms with E-state index in [9.17, 15) is 0 Å². The van der Waals surface area contributed by atoms with Gasteiger partial charge >= 0.3 is 0 Å². The van der Waals surface area contributed by atoms with E-state index in [1.54, 1.807) is 0 Å². The topological polar surface area (TPSA) is 38.9 Å². The Hall–Kier alpha value is -0.890. The van der Waals surface area contributed by atoms with Gasteiger partial charge in [-0.2, -0.15) is 0 Å². The van der Waals surface area contributed by atoms with Crippen molar-refractivity contribution in [2.75, 3.05) is 0 Å². The highest BCUT2D eigenvalue weighted by Crippen LogP contribution is 2.43. The van der Waals surface area contributed by atoms with E-state index in [0.717, 1.165) is 6.42 Å². The zero-order valence-electron chi connectivity index (χ0n) is 10.2. The second kappa shape index (κ2) is 4.96. The maximum atomic E-state index is 6.43. The largest absolute Gasteiger partial charge is 0.327 e. The van der Waals surface area contributed by atoms with Gasteiger partial charge in [-0.1, -0.05) is 25.8 Å². The minimum absolute atomic E-state index is 0.296. The van der Waals surface area contributed by atoms with Crippen molar-refractivity contribution in [3.05, 3.63) is 30.1 Å². The van der Waals surface area contributed by atoms with Crippen molar-refractivity contribution in [1.82, 2.24) is 4.98 Å². The highest BCUT2D eigenvalue weighted by Gasteiger charge is 2.37. The molecule has 0 saturated heterocycles. The quantitative estimate of drug-likeness (QED) is 0.844. The minimum atomic E-state index is 0.296. The lowest BCUT2D eigenvalue weighted by molar-refractivity contribution is 0.218. The van der Waals surface area contributed by atoms with Crippen molar-refractivity contribution >= 4 is 0 Å². The molecule has 0 spiro atoms. The van der Waals surface area contributed by atoms with E-state index in [1.807, 2.05) is 18.5 Å². The van der Waals surface area contributed by atoms with Crippen molar-refractivity contribution in [2.45, 2.75) is 51.5 Å². The molecule has 1 aliphatic carbocycles. The number of nitrogens with zero attached hydrogens (tertiary/aromatic N) is 1. The van der Waals surface area contributed by atoms with E-state index < -0.39 is 0 Å². The van der Waals surface area contributed by atoms with Crippen molar-refractivity contribution < 1.29 is 0 Å². The molecule has 2 N–H and O–H groups in total. The molecule has 1 aliphatic rings. The fourth-order valence-corrected chi connectivity index (χ4v) is 3.05. The van der Waals surface area contributed by atoms with E-state index in [2.05, 4.69) is 18.0 Å². The summed E-state index contributed by atoms with van der Waals surface area (Å²) < 4.78 is 0. The van der Waals surface area contributed by atoms with Gasteiger partial charge in [0.25, 0.3) is 0 Å². The van der Waals surface area contributed by atoms with Crippen LogP contribution in [0.5, 0.6) is 0 Å². The zero-order chi connectivity index (χ0) is 11.4. The first-order valence-electron chi connectivity index (χ1n) is 6.41. The molecule has 1 unspecified atom stereocenters. The van der Waals surface area contributed by atoms with Crippen LogP contribution in [0.4, 0.5) is 0 Å². The summed E-state index contributed by atoms with van der Waals surface area (Å²) in [5, 5.41) is 0. The van der Waals surface area contributed by atoms with Crippen LogP contribution in [0.3, 0.4) is 0 Å². The van der Waals surface area contributed by atoms with Crippen LogP contribution in [0, 0.1) is 5.41 Å². The van der Waals surface area contributed by atoms with Crippen LogP contribution in [0.25, 0.3) is 0 Å². The smallest absolute Gasteiger partial charge is 0.0300 e. The minimum Gasteiger partial charge on any atom is -0.327 e. The molecule has 16 heavy (non-hydrogen) atoms. The molecule has 1 fully saturated rings. The summed E-state index contributed by atoms with van der Waals surface area (Å²) in [4.78, 5) is 4.16. The van der Waals surface area contributed by atoms with Gasteiger partial charge in [-0.15, -0.1) is 0 Å². The molecular formula is C14H22N2. The van der Waals surface area contributed by atoms with Gasteiger partial charge < -0.3 is 5.73 Å². The Morgan fingerprint density at radius 2 is 2.19 bits per heavy atom. The maximum absolute atomic E-state index is 6.43. The maximum Gasteiger partial charge on any atom is 0.0300 e. The van der Waals surface area contributed by atoms with Crippen LogP contribution in [0.2, 0.25) is 0 Å². The van der Waals surface area contributed by atoms with E-state index in [1.165, 1.54) is 37.7 Å². The van der Waals surface area contributed by atoms with Crippen LogP contribution in [0.15, 0.2) is 24.5 Å². The van der Waals surface area contributed by atoms with Crippen LogP contribution in [-0.4, -0.2) is 11.0 Å². The zero-order valence-corrected chi connectivity index (χ0v) is 10.2. The summed E-state index contributed by atoms with van der Waals surface area (Å²) in [6.45, 7) is 2.29. The van der Waals surface area contributed by atoms with Crippen LogP contribution in [-0.2, 0) is 6.42 Å². The molecule has 1 aromatic rings. The van der Waals surface area contributed by atoms with Gasteiger partial charge in [0.1, 0.15) is 0 Å². The van der Waals surface area contributed by atoms with E-state index in [4.69, 9.17) is 5.73 Å². The average molecular weight is 218 g/mol. The number of nitrogens with two attached hydrogens (primary N) is 1. The average Bonchev–Trinajstić information content (AvgIpc) is 2.80. The first-order chi connectivity index (χ1) is 7.77. The molecule has 1 saturated carbocycles. The first kappa shape index (κ1) is 11.6. The van der Waals surface area contributed by atoms with Crippen molar-refractivity contribution in [2.24, 2.45) is 11.1 Å². The number of rotatable bonds is 4. The summed E-state index contributed by atoms with van der Waals surface area (Å²) in [5.74, 6) is 0. The predicted molar refractivity (Wildman–Crippen MR) is 67.1 cm³/mol. The van der Waals surface area contributed by atoms with Gasteiger partial charge in [-0.25, -0.2) is 0 Å². The Balaban J connectivity index is 2.04. The number of pyridine rings is 1. The van der Waals surface area contributed by atoms with E-state index >= 15 is 0 Å². The van der Waals surface area contributed by atoms with Gasteiger partial charge in [0.2, 0.25) is 0 Å². The van der Waals surface area contributed by atoms with Crippen molar-refractivity contribution in [3.63, 3.8) is 0 Å². The molecule has 0 aromatic carbocycles. The third kappa shape index (κ3) is 2.27. The number of hydrogen-bond donors (Lipinski definition) is 1. The fraction of sp³-hybridized carbons (Fsp3) is 0.643. The Morgan fingerprint density at radius 1 is 1.44 bits per heavy atom. The third-order valence-electron chi connectivity index (χ3n) is 4.27. The standard InChI is InChI=1S/C14H22N2/c1-2-14(7-3-4-8-14)13(15)10-12-6-5-9-16-11-12/h5-6,9,11,13H,2-4,7-8,10,15H2,1H3. The Morgan fingerprint density at radius 3 is 2.75 bits per heavy atom. The molecule has 0 bridgehead atoms. The number of aromatic nitrogens is 1. The molecule has 1 heterocycles. The summed E-state index contributed by atoms with van der Waals surface area (Å²) in [6.07, 6.45) is 11.3. The summed E-state index contributed by atoms with van der Waals surface area (Å²) in [5.41, 5.74) is 8.10. The Bertz CT molecular complexity index is 315. The van der Waals surface area contributed by atoms with Gasteiger partial charge in [-0.3, -0.25) is 4.98 Å². The van der Waals surface area contributed by atoms with E-state index in [0.29, 0.717) is 11.5 Å². The van der Waals surface area contributed by atoms with Crippen LogP contribution in [0.1, 0.15) is 44.6 Å². The molecule has 88 valence electrons. The Kier molecular flexibility index (Phi) is 3.59. The lowest BCUT2D eigenvalue weighted by atomic mass is 9.74. The fourth-order valence-electron chi connectivity index (χ4n) is 3.05. The molecule has 1 atom stereocenters. The Labute approximate surface area is 98.3 Å². The third-order valence-corrected chi connectivity index (χ3v) is 4.27. The monoisotopic (exact) mass is 218 g/mol. The van der Waals surface area contributed by atoms with Crippen molar-refractivity contribution in [1.29, 1.82) is 0 Å². The molecule has 1 aromatic heterocycles. The predicted octanol–water partition coefficient (Wildman–Crippen LogP) is 2.92. The molecule has 0 aliphatic heterocycles. The van der Waals surface area contributed by atoms with Gasteiger partial charge in [-0.05, 0) is 42.7 Å². The van der Waals surface area contributed by atoms with Crippen molar-refractivity contribution in [3.8, 4) is 0 Å². The van der Waals surface area contributed by atoms with Gasteiger partial charge in [0.15, 0.2) is 0 Å². The van der Waals surface area contributed by atoms with E-state index in [-0.39, 0.29) is 0 Å². The lowest BCUT2D eigenvalue weighted by Gasteiger charge is -2.34.